The molecule has 2 saturated carbocycles. The first-order valence-corrected chi connectivity index (χ1v) is 8.16. The van der Waals surface area contributed by atoms with Crippen LogP contribution in [0.15, 0.2) is 21.2 Å². The molecule has 0 spiro atoms. The van der Waals surface area contributed by atoms with Gasteiger partial charge in [0.05, 0.1) is 6.07 Å². The van der Waals surface area contributed by atoms with Crippen LogP contribution in [0.4, 0.5) is 0 Å². The maximum atomic E-state index is 12.8. The predicted octanol–water partition coefficient (Wildman–Crippen LogP) is 3.59. The van der Waals surface area contributed by atoms with Gasteiger partial charge in [0.25, 0.3) is 5.91 Å². The molecule has 0 unspecified atom stereocenters. The summed E-state index contributed by atoms with van der Waals surface area (Å²) in [5, 5.41) is 9.93. The standard InChI is InChI=1S/C16H17BrN2O2/c1-14-9-19(13(20)11-3-4-12(17)21-11)16(8-18)7-10(14)5-6-15(14,16)2/h3-4,10H,5-7,9H2,1-2H3/t10-,14-,15-,16-/m0/s1. The molecule has 3 aliphatic rings. The van der Waals surface area contributed by atoms with Crippen molar-refractivity contribution < 1.29 is 9.21 Å². The molecule has 110 valence electrons. The van der Waals surface area contributed by atoms with Crippen LogP contribution in [0.5, 0.6) is 0 Å². The molecule has 4 rings (SSSR count). The van der Waals surface area contributed by atoms with Gasteiger partial charge >= 0.3 is 0 Å². The Balaban J connectivity index is 1.80. The number of rotatable bonds is 1. The van der Waals surface area contributed by atoms with E-state index in [2.05, 4.69) is 35.8 Å². The summed E-state index contributed by atoms with van der Waals surface area (Å²) in [4.78, 5) is 14.6. The van der Waals surface area contributed by atoms with Gasteiger partial charge in [0.1, 0.15) is 5.54 Å². The molecule has 1 aliphatic heterocycles. The van der Waals surface area contributed by atoms with Crippen LogP contribution >= 0.6 is 15.9 Å². The van der Waals surface area contributed by atoms with Crippen LogP contribution in [0.3, 0.4) is 0 Å². The van der Waals surface area contributed by atoms with Crippen molar-refractivity contribution in [3.8, 4) is 6.07 Å². The van der Waals surface area contributed by atoms with E-state index in [9.17, 15) is 10.1 Å². The Morgan fingerprint density at radius 3 is 2.86 bits per heavy atom. The summed E-state index contributed by atoms with van der Waals surface area (Å²) in [5.41, 5.74) is -0.706. The lowest BCUT2D eigenvalue weighted by atomic mass is 9.66. The highest BCUT2D eigenvalue weighted by molar-refractivity contribution is 9.10. The van der Waals surface area contributed by atoms with Crippen LogP contribution in [0.1, 0.15) is 43.7 Å². The fourth-order valence-electron chi connectivity index (χ4n) is 5.32. The highest BCUT2D eigenvalue weighted by Crippen LogP contribution is 2.75. The van der Waals surface area contributed by atoms with Crippen LogP contribution in [0, 0.1) is 28.1 Å². The Hall–Kier alpha value is -1.28. The lowest BCUT2D eigenvalue weighted by molar-refractivity contribution is 0.0399. The van der Waals surface area contributed by atoms with E-state index in [1.807, 2.05) is 0 Å². The minimum atomic E-state index is -0.666. The molecule has 21 heavy (non-hydrogen) atoms. The van der Waals surface area contributed by atoms with E-state index in [0.29, 0.717) is 22.9 Å². The van der Waals surface area contributed by atoms with E-state index in [1.54, 1.807) is 17.0 Å². The molecular weight excluding hydrogens is 332 g/mol. The minimum absolute atomic E-state index is 0.0578. The van der Waals surface area contributed by atoms with Crippen molar-refractivity contribution in [2.45, 2.75) is 38.6 Å². The molecule has 1 aromatic heterocycles. The molecule has 2 aliphatic carbocycles. The van der Waals surface area contributed by atoms with E-state index in [-0.39, 0.29) is 16.7 Å². The van der Waals surface area contributed by atoms with Gasteiger partial charge in [-0.2, -0.15) is 5.26 Å². The topological polar surface area (TPSA) is 57.2 Å². The van der Waals surface area contributed by atoms with Crippen molar-refractivity contribution >= 4 is 21.8 Å². The van der Waals surface area contributed by atoms with Gasteiger partial charge in [0.15, 0.2) is 10.4 Å². The molecule has 1 saturated heterocycles. The van der Waals surface area contributed by atoms with Crippen LogP contribution < -0.4 is 0 Å². The van der Waals surface area contributed by atoms with Crippen molar-refractivity contribution in [1.29, 1.82) is 5.26 Å². The highest BCUT2D eigenvalue weighted by Gasteiger charge is 2.79. The lowest BCUT2D eigenvalue weighted by Crippen LogP contribution is -2.54. The number of halogens is 1. The monoisotopic (exact) mass is 348 g/mol. The van der Waals surface area contributed by atoms with E-state index >= 15 is 0 Å². The fourth-order valence-corrected chi connectivity index (χ4v) is 5.62. The van der Waals surface area contributed by atoms with Crippen molar-refractivity contribution in [2.75, 3.05) is 6.54 Å². The Labute approximate surface area is 132 Å². The zero-order chi connectivity index (χ0) is 15.0. The Morgan fingerprint density at radius 2 is 2.29 bits per heavy atom. The van der Waals surface area contributed by atoms with Crippen molar-refractivity contribution in [3.05, 3.63) is 22.6 Å². The molecule has 1 aromatic rings. The molecule has 4 atom stereocenters. The maximum absolute atomic E-state index is 12.8. The van der Waals surface area contributed by atoms with Gasteiger partial charge in [-0.1, -0.05) is 13.8 Å². The van der Waals surface area contributed by atoms with Gasteiger partial charge in [-0.25, -0.2) is 0 Å². The van der Waals surface area contributed by atoms with Gasteiger partial charge in [0.2, 0.25) is 0 Å². The number of piperidine rings is 1. The van der Waals surface area contributed by atoms with E-state index < -0.39 is 5.54 Å². The average molecular weight is 349 g/mol. The smallest absolute Gasteiger partial charge is 0.290 e. The predicted molar refractivity (Wildman–Crippen MR) is 79.3 cm³/mol. The zero-order valence-electron chi connectivity index (χ0n) is 12.1. The molecule has 0 aromatic carbocycles. The van der Waals surface area contributed by atoms with E-state index in [4.69, 9.17) is 4.42 Å². The molecule has 2 heterocycles. The van der Waals surface area contributed by atoms with E-state index in [0.717, 1.165) is 12.8 Å². The average Bonchev–Trinajstić information content (AvgIpc) is 3.10. The number of carbonyl (C=O) groups excluding carboxylic acids is 1. The molecule has 1 amide bonds. The van der Waals surface area contributed by atoms with Gasteiger partial charge in [-0.3, -0.25) is 4.79 Å². The first-order valence-electron chi connectivity index (χ1n) is 7.36. The van der Waals surface area contributed by atoms with Crippen LogP contribution in [0.25, 0.3) is 0 Å². The van der Waals surface area contributed by atoms with Crippen molar-refractivity contribution in [2.24, 2.45) is 16.7 Å². The van der Waals surface area contributed by atoms with Gasteiger partial charge in [-0.05, 0) is 58.7 Å². The Bertz CT molecular complexity index is 693. The second kappa shape index (κ2) is 3.73. The zero-order valence-corrected chi connectivity index (χ0v) is 13.7. The normalized spacial score (nSPS) is 43.3. The fraction of sp³-hybridized carbons (Fsp3) is 0.625. The third-order valence-corrected chi connectivity index (χ3v) is 7.20. The highest BCUT2D eigenvalue weighted by atomic mass is 79.9. The second-order valence-electron chi connectivity index (χ2n) is 7.16. The van der Waals surface area contributed by atoms with Gasteiger partial charge in [0, 0.05) is 12.0 Å². The maximum Gasteiger partial charge on any atom is 0.290 e. The lowest BCUT2D eigenvalue weighted by Gasteiger charge is -2.42. The molecule has 4 nitrogen and oxygen atoms in total. The van der Waals surface area contributed by atoms with Gasteiger partial charge < -0.3 is 9.32 Å². The number of carbonyl (C=O) groups is 1. The summed E-state index contributed by atoms with van der Waals surface area (Å²) in [6, 6.07) is 5.92. The van der Waals surface area contributed by atoms with Crippen LogP contribution in [-0.4, -0.2) is 22.9 Å². The SMILES string of the molecule is C[C@@]12CC[C@H]3C[C@@]1(C#N)N(C(=O)c1ccc(Br)o1)C[C@@]32C. The summed E-state index contributed by atoms with van der Waals surface area (Å²) in [5.74, 6) is 0.721. The molecular formula is C16H17BrN2O2. The summed E-state index contributed by atoms with van der Waals surface area (Å²) in [7, 11) is 0. The summed E-state index contributed by atoms with van der Waals surface area (Å²) in [6.45, 7) is 5.13. The van der Waals surface area contributed by atoms with Crippen LogP contribution in [-0.2, 0) is 0 Å². The third-order valence-electron chi connectivity index (χ3n) is 6.77. The number of hydrogen-bond donors (Lipinski definition) is 0. The number of hydrogen-bond acceptors (Lipinski definition) is 3. The number of nitrogens with zero attached hydrogens (tertiary/aromatic N) is 2. The summed E-state index contributed by atoms with van der Waals surface area (Å²) < 4.78 is 5.96. The quantitative estimate of drug-likeness (QED) is 0.779. The number of nitriles is 1. The van der Waals surface area contributed by atoms with E-state index in [1.165, 1.54) is 6.42 Å². The Kier molecular flexibility index (Phi) is 2.38. The van der Waals surface area contributed by atoms with Gasteiger partial charge in [-0.15, -0.1) is 0 Å². The minimum Gasteiger partial charge on any atom is -0.444 e. The van der Waals surface area contributed by atoms with Crippen molar-refractivity contribution in [1.82, 2.24) is 4.90 Å². The molecule has 4 bridgehead atoms. The first-order chi connectivity index (χ1) is 9.88. The second-order valence-corrected chi connectivity index (χ2v) is 7.94. The number of likely N-dealkylation sites (tertiary alicyclic amines) is 1. The molecule has 0 radical (unpaired) electrons. The summed E-state index contributed by atoms with van der Waals surface area (Å²) in [6.07, 6.45) is 3.03. The summed E-state index contributed by atoms with van der Waals surface area (Å²) >= 11 is 3.23. The van der Waals surface area contributed by atoms with Crippen LogP contribution in [0.2, 0.25) is 0 Å². The first kappa shape index (κ1) is 13.4. The third kappa shape index (κ3) is 1.25. The molecule has 5 heteroatoms. The Morgan fingerprint density at radius 1 is 1.52 bits per heavy atom. The molecule has 0 N–H and O–H groups in total. The van der Waals surface area contributed by atoms with Crippen molar-refractivity contribution in [3.63, 3.8) is 0 Å². The molecule has 3 fully saturated rings. The largest absolute Gasteiger partial charge is 0.444 e. The number of furan rings is 1. The number of amides is 1.